The molecule has 18 heavy (non-hydrogen) atoms. The van der Waals surface area contributed by atoms with Crippen molar-refractivity contribution in [1.29, 1.82) is 0 Å². The number of aryl methyl sites for hydroxylation is 2. The molecule has 0 fully saturated rings. The van der Waals surface area contributed by atoms with Gasteiger partial charge >= 0.3 is 0 Å². The van der Waals surface area contributed by atoms with Crippen LogP contribution in [0.5, 0.6) is 0 Å². The zero-order valence-corrected chi connectivity index (χ0v) is 13.2. The second-order valence-electron chi connectivity index (χ2n) is 4.29. The summed E-state index contributed by atoms with van der Waals surface area (Å²) in [5, 5.41) is 1.14. The third-order valence-corrected chi connectivity index (χ3v) is 4.93. The zero-order chi connectivity index (χ0) is 13.3. The smallest absolute Gasteiger partial charge is 0.0636 e. The molecule has 2 aromatic rings. The fraction of sp³-hybridized carbons (Fsp3) is 0.286. The third kappa shape index (κ3) is 3.21. The molecule has 1 unspecified atom stereocenters. The largest absolute Gasteiger partial charge is 0.146 e. The second-order valence-corrected chi connectivity index (χ2v) is 7.09. The summed E-state index contributed by atoms with van der Waals surface area (Å²) in [5.41, 5.74) is 2.32. The molecule has 0 radical (unpaired) electrons. The van der Waals surface area contributed by atoms with Crippen LogP contribution in [0.4, 0.5) is 0 Å². The van der Waals surface area contributed by atoms with Crippen LogP contribution in [-0.4, -0.2) is 0 Å². The van der Waals surface area contributed by atoms with Gasteiger partial charge in [-0.15, -0.1) is 22.9 Å². The first kappa shape index (κ1) is 14.2. The van der Waals surface area contributed by atoms with E-state index in [1.54, 1.807) is 11.3 Å². The van der Waals surface area contributed by atoms with Crippen LogP contribution in [0.3, 0.4) is 0 Å². The molecule has 96 valence electrons. The van der Waals surface area contributed by atoms with Crippen molar-refractivity contribution >= 4 is 46.1 Å². The van der Waals surface area contributed by atoms with E-state index in [4.69, 9.17) is 34.8 Å². The van der Waals surface area contributed by atoms with Gasteiger partial charge in [0.2, 0.25) is 0 Å². The first-order valence-corrected chi connectivity index (χ1v) is 7.63. The van der Waals surface area contributed by atoms with Crippen molar-refractivity contribution in [1.82, 2.24) is 0 Å². The lowest BCUT2D eigenvalue weighted by atomic mass is 10.0. The predicted octanol–water partition coefficient (Wildman–Crippen LogP) is 6.19. The first-order chi connectivity index (χ1) is 8.47. The van der Waals surface area contributed by atoms with Crippen LogP contribution in [0.15, 0.2) is 24.3 Å². The minimum atomic E-state index is -0.0211. The van der Waals surface area contributed by atoms with Crippen LogP contribution < -0.4 is 0 Å². The Morgan fingerprint density at radius 2 is 1.83 bits per heavy atom. The monoisotopic (exact) mass is 318 g/mol. The van der Waals surface area contributed by atoms with Crippen LogP contribution in [0.1, 0.15) is 26.3 Å². The van der Waals surface area contributed by atoms with Gasteiger partial charge in [0.05, 0.1) is 15.4 Å². The second kappa shape index (κ2) is 5.83. The highest BCUT2D eigenvalue weighted by Crippen LogP contribution is 2.33. The van der Waals surface area contributed by atoms with Crippen molar-refractivity contribution in [3.05, 3.63) is 55.2 Å². The summed E-state index contributed by atoms with van der Waals surface area (Å²) < 4.78 is 0. The Kier molecular flexibility index (Phi) is 4.60. The predicted molar refractivity (Wildman–Crippen MR) is 82.6 cm³/mol. The summed E-state index contributed by atoms with van der Waals surface area (Å²) in [7, 11) is 0. The Labute approximate surface area is 126 Å². The molecule has 0 spiro atoms. The number of hydrogen-bond acceptors (Lipinski definition) is 1. The van der Waals surface area contributed by atoms with E-state index in [9.17, 15) is 0 Å². The zero-order valence-electron chi connectivity index (χ0n) is 10.1. The summed E-state index contributed by atoms with van der Waals surface area (Å²) in [6.45, 7) is 4.21. The molecule has 0 nitrogen and oxygen atoms in total. The summed E-state index contributed by atoms with van der Waals surface area (Å²) in [4.78, 5) is 2.58. The Balaban J connectivity index is 2.18. The minimum Gasteiger partial charge on any atom is -0.146 e. The Hall–Kier alpha value is -0.210. The van der Waals surface area contributed by atoms with Gasteiger partial charge in [0.1, 0.15) is 0 Å². The van der Waals surface area contributed by atoms with Gasteiger partial charge in [-0.2, -0.15) is 0 Å². The molecule has 0 aliphatic heterocycles. The van der Waals surface area contributed by atoms with Crippen molar-refractivity contribution in [2.24, 2.45) is 0 Å². The van der Waals surface area contributed by atoms with E-state index in [1.807, 2.05) is 18.2 Å². The van der Waals surface area contributed by atoms with E-state index in [0.717, 1.165) is 12.0 Å². The molecule has 1 atom stereocenters. The molecule has 0 aliphatic carbocycles. The molecule has 1 aromatic carbocycles. The molecule has 4 heteroatoms. The molecule has 1 heterocycles. The lowest BCUT2D eigenvalue weighted by Gasteiger charge is -2.10. The van der Waals surface area contributed by atoms with Crippen molar-refractivity contribution in [3.8, 4) is 0 Å². The molecule has 0 saturated carbocycles. The topological polar surface area (TPSA) is 0 Å². The summed E-state index contributed by atoms with van der Waals surface area (Å²) in [6, 6.07) is 7.83. The van der Waals surface area contributed by atoms with E-state index < -0.39 is 0 Å². The maximum atomic E-state index is 6.48. The average molecular weight is 320 g/mol. The van der Waals surface area contributed by atoms with Crippen LogP contribution in [0, 0.1) is 13.8 Å². The van der Waals surface area contributed by atoms with E-state index >= 15 is 0 Å². The van der Waals surface area contributed by atoms with Crippen molar-refractivity contribution in [3.63, 3.8) is 0 Å². The summed E-state index contributed by atoms with van der Waals surface area (Å²) in [5.74, 6) is 0. The standard InChI is InChI=1S/C14H13Cl3S/c1-8-5-11(9(2)18-8)13(16)6-10-3-4-12(15)14(17)7-10/h3-5,7,13H,6H2,1-2H3. The minimum absolute atomic E-state index is 0.0211. The molecule has 0 amide bonds. The van der Waals surface area contributed by atoms with Crippen LogP contribution in [0.2, 0.25) is 10.0 Å². The Morgan fingerprint density at radius 1 is 1.11 bits per heavy atom. The molecular weight excluding hydrogens is 307 g/mol. The number of halogens is 3. The van der Waals surface area contributed by atoms with Crippen LogP contribution in [0.25, 0.3) is 0 Å². The third-order valence-electron chi connectivity index (χ3n) is 2.82. The van der Waals surface area contributed by atoms with Gasteiger partial charge < -0.3 is 0 Å². The Morgan fingerprint density at radius 3 is 2.39 bits per heavy atom. The lowest BCUT2D eigenvalue weighted by Crippen LogP contribution is -1.96. The van der Waals surface area contributed by atoms with E-state index in [0.29, 0.717) is 10.0 Å². The van der Waals surface area contributed by atoms with Gasteiger partial charge in [0.25, 0.3) is 0 Å². The molecule has 2 rings (SSSR count). The fourth-order valence-electron chi connectivity index (χ4n) is 1.94. The van der Waals surface area contributed by atoms with Gasteiger partial charge in [0, 0.05) is 9.75 Å². The van der Waals surface area contributed by atoms with Crippen LogP contribution in [-0.2, 0) is 6.42 Å². The van der Waals surface area contributed by atoms with E-state index in [2.05, 4.69) is 19.9 Å². The number of rotatable bonds is 3. The van der Waals surface area contributed by atoms with Crippen molar-refractivity contribution in [2.45, 2.75) is 25.6 Å². The molecule has 0 aliphatic rings. The fourth-order valence-corrected chi connectivity index (χ4v) is 3.72. The quantitative estimate of drug-likeness (QED) is 0.591. The maximum Gasteiger partial charge on any atom is 0.0636 e. The first-order valence-electron chi connectivity index (χ1n) is 5.62. The van der Waals surface area contributed by atoms with Gasteiger partial charge in [-0.1, -0.05) is 29.3 Å². The van der Waals surface area contributed by atoms with Crippen molar-refractivity contribution in [2.75, 3.05) is 0 Å². The molecule has 0 N–H and O–H groups in total. The van der Waals surface area contributed by atoms with Crippen molar-refractivity contribution < 1.29 is 0 Å². The van der Waals surface area contributed by atoms with Gasteiger partial charge in [-0.05, 0) is 49.6 Å². The Bertz CT molecular complexity index is 560. The summed E-state index contributed by atoms with van der Waals surface area (Å²) >= 11 is 20.2. The molecule has 0 saturated heterocycles. The number of hydrogen-bond donors (Lipinski definition) is 0. The SMILES string of the molecule is Cc1cc(C(Cl)Cc2ccc(Cl)c(Cl)c2)c(C)s1. The van der Waals surface area contributed by atoms with Gasteiger partial charge in [-0.3, -0.25) is 0 Å². The number of alkyl halides is 1. The number of benzene rings is 1. The average Bonchev–Trinajstić information content (AvgIpc) is 2.63. The van der Waals surface area contributed by atoms with E-state index in [1.165, 1.54) is 15.3 Å². The molecular formula is C14H13Cl3S. The number of thiophene rings is 1. The summed E-state index contributed by atoms with van der Waals surface area (Å²) in [6.07, 6.45) is 0.759. The van der Waals surface area contributed by atoms with E-state index in [-0.39, 0.29) is 5.38 Å². The normalized spacial score (nSPS) is 12.7. The maximum absolute atomic E-state index is 6.48. The van der Waals surface area contributed by atoms with Gasteiger partial charge in [0.15, 0.2) is 0 Å². The molecule has 1 aromatic heterocycles. The highest BCUT2D eigenvalue weighted by Gasteiger charge is 2.14. The highest BCUT2D eigenvalue weighted by atomic mass is 35.5. The lowest BCUT2D eigenvalue weighted by molar-refractivity contribution is 0.917. The van der Waals surface area contributed by atoms with Gasteiger partial charge in [-0.25, -0.2) is 0 Å². The highest BCUT2D eigenvalue weighted by molar-refractivity contribution is 7.12. The van der Waals surface area contributed by atoms with Crippen LogP contribution >= 0.6 is 46.1 Å². The molecule has 0 bridgehead atoms.